The molecule has 0 atom stereocenters. The Morgan fingerprint density at radius 2 is 2.38 bits per heavy atom. The van der Waals surface area contributed by atoms with Gasteiger partial charge in [-0.25, -0.2) is 0 Å². The number of alkyl halides is 1. The molecule has 0 amide bonds. The first-order valence-electron chi connectivity index (χ1n) is 2.52. The van der Waals surface area contributed by atoms with E-state index in [-0.39, 0.29) is 5.97 Å². The van der Waals surface area contributed by atoms with Crippen molar-refractivity contribution in [2.45, 2.75) is 19.8 Å². The maximum absolute atomic E-state index is 10.4. The van der Waals surface area contributed by atoms with Crippen LogP contribution in [0, 0.1) is 0 Å². The molecule has 0 unspecified atom stereocenters. The normalized spacial score (nSPS) is 8.75. The van der Waals surface area contributed by atoms with Crippen LogP contribution in [0.3, 0.4) is 0 Å². The van der Waals surface area contributed by atoms with Crippen molar-refractivity contribution in [2.24, 2.45) is 0 Å². The van der Waals surface area contributed by atoms with Crippen molar-refractivity contribution in [2.75, 3.05) is 5.52 Å². The number of carbonyl (C=O) groups is 1. The SMILES string of the molecule is CCCC(=O)OCBr. The van der Waals surface area contributed by atoms with E-state index in [2.05, 4.69) is 20.7 Å². The standard InChI is InChI=1S/C5H9BrO2/c1-2-3-5(7)8-4-6/h2-4H2,1H3. The number of hydrogen-bond acceptors (Lipinski definition) is 2. The third-order valence-corrected chi connectivity index (χ3v) is 0.899. The average Bonchev–Trinajstić information content (AvgIpc) is 1.68. The number of esters is 1. The van der Waals surface area contributed by atoms with Crippen molar-refractivity contribution >= 4 is 21.9 Å². The van der Waals surface area contributed by atoms with E-state index < -0.39 is 0 Å². The number of ether oxygens (including phenoxy) is 1. The lowest BCUT2D eigenvalue weighted by molar-refractivity contribution is -0.141. The lowest BCUT2D eigenvalue weighted by atomic mass is 10.3. The largest absolute Gasteiger partial charge is 0.454 e. The van der Waals surface area contributed by atoms with Crippen LogP contribution >= 0.6 is 15.9 Å². The molecule has 3 heteroatoms. The van der Waals surface area contributed by atoms with Crippen LogP contribution in [0.4, 0.5) is 0 Å². The van der Waals surface area contributed by atoms with Crippen LogP contribution < -0.4 is 0 Å². The van der Waals surface area contributed by atoms with Crippen LogP contribution in [0.25, 0.3) is 0 Å². The van der Waals surface area contributed by atoms with E-state index in [1.807, 2.05) is 6.92 Å². The Morgan fingerprint density at radius 1 is 1.75 bits per heavy atom. The molecule has 0 radical (unpaired) electrons. The third kappa shape index (κ3) is 4.12. The summed E-state index contributed by atoms with van der Waals surface area (Å²) in [6, 6.07) is 0. The highest BCUT2D eigenvalue weighted by atomic mass is 79.9. The molecule has 0 spiro atoms. The Labute approximate surface area is 57.3 Å². The minimum Gasteiger partial charge on any atom is -0.454 e. The van der Waals surface area contributed by atoms with E-state index in [1.165, 1.54) is 0 Å². The monoisotopic (exact) mass is 180 g/mol. The summed E-state index contributed by atoms with van der Waals surface area (Å²) in [6.07, 6.45) is 1.37. The molecule has 0 aliphatic heterocycles. The average molecular weight is 181 g/mol. The molecule has 48 valence electrons. The first-order chi connectivity index (χ1) is 3.81. The summed E-state index contributed by atoms with van der Waals surface area (Å²) in [7, 11) is 0. The van der Waals surface area contributed by atoms with Crippen LogP contribution in [0.15, 0.2) is 0 Å². The Kier molecular flexibility index (Phi) is 5.06. The number of rotatable bonds is 3. The second-order valence-electron chi connectivity index (χ2n) is 1.38. The van der Waals surface area contributed by atoms with Crippen LogP contribution in [-0.2, 0) is 9.53 Å². The Morgan fingerprint density at radius 3 is 2.75 bits per heavy atom. The zero-order chi connectivity index (χ0) is 6.41. The molecular weight excluding hydrogens is 172 g/mol. The second-order valence-corrected chi connectivity index (χ2v) is 1.83. The summed E-state index contributed by atoms with van der Waals surface area (Å²) in [4.78, 5) is 10.4. The van der Waals surface area contributed by atoms with Crippen molar-refractivity contribution < 1.29 is 9.53 Å². The predicted molar refractivity (Wildman–Crippen MR) is 34.8 cm³/mol. The topological polar surface area (TPSA) is 26.3 Å². The van der Waals surface area contributed by atoms with Gasteiger partial charge in [-0.15, -0.1) is 0 Å². The fourth-order valence-corrected chi connectivity index (χ4v) is 0.592. The summed E-state index contributed by atoms with van der Waals surface area (Å²) >= 11 is 2.98. The molecule has 0 aliphatic rings. The quantitative estimate of drug-likeness (QED) is 0.489. The Balaban J connectivity index is 3.06. The van der Waals surface area contributed by atoms with Crippen molar-refractivity contribution in [3.8, 4) is 0 Å². The molecule has 0 saturated carbocycles. The molecule has 8 heavy (non-hydrogen) atoms. The van der Waals surface area contributed by atoms with Gasteiger partial charge in [-0.3, -0.25) is 4.79 Å². The zero-order valence-corrected chi connectivity index (χ0v) is 6.40. The predicted octanol–water partition coefficient (Wildman–Crippen LogP) is 1.68. The summed E-state index contributed by atoms with van der Waals surface area (Å²) in [5.74, 6) is -0.135. The van der Waals surface area contributed by atoms with E-state index in [9.17, 15) is 4.79 Å². The van der Waals surface area contributed by atoms with Crippen molar-refractivity contribution in [1.29, 1.82) is 0 Å². The maximum Gasteiger partial charge on any atom is 0.306 e. The van der Waals surface area contributed by atoms with Gasteiger partial charge in [0.1, 0.15) is 5.52 Å². The highest BCUT2D eigenvalue weighted by Gasteiger charge is 1.95. The van der Waals surface area contributed by atoms with Gasteiger partial charge in [-0.2, -0.15) is 0 Å². The third-order valence-electron chi connectivity index (χ3n) is 0.670. The minimum atomic E-state index is -0.135. The summed E-state index contributed by atoms with van der Waals surface area (Å²) < 4.78 is 4.56. The van der Waals surface area contributed by atoms with E-state index in [4.69, 9.17) is 0 Å². The first kappa shape index (κ1) is 7.95. The molecule has 0 heterocycles. The zero-order valence-electron chi connectivity index (χ0n) is 4.82. The molecule has 0 bridgehead atoms. The van der Waals surface area contributed by atoms with Crippen LogP contribution in [0.5, 0.6) is 0 Å². The molecule has 0 rings (SSSR count). The van der Waals surface area contributed by atoms with Crippen LogP contribution in [0.2, 0.25) is 0 Å². The van der Waals surface area contributed by atoms with Crippen molar-refractivity contribution in [3.63, 3.8) is 0 Å². The van der Waals surface area contributed by atoms with E-state index in [0.29, 0.717) is 11.9 Å². The summed E-state index contributed by atoms with van der Waals surface area (Å²) in [5.41, 5.74) is 0.311. The minimum absolute atomic E-state index is 0.135. The fraction of sp³-hybridized carbons (Fsp3) is 0.800. The van der Waals surface area contributed by atoms with Crippen LogP contribution in [0.1, 0.15) is 19.8 Å². The van der Waals surface area contributed by atoms with Gasteiger partial charge in [0.2, 0.25) is 0 Å². The number of carbonyl (C=O) groups excluding carboxylic acids is 1. The maximum atomic E-state index is 10.4. The van der Waals surface area contributed by atoms with Gasteiger partial charge < -0.3 is 4.74 Å². The molecule has 0 aromatic rings. The van der Waals surface area contributed by atoms with Gasteiger partial charge in [0.05, 0.1) is 0 Å². The molecular formula is C5H9BrO2. The summed E-state index contributed by atoms with van der Waals surface area (Å²) in [6.45, 7) is 1.94. The smallest absolute Gasteiger partial charge is 0.306 e. The van der Waals surface area contributed by atoms with Crippen molar-refractivity contribution in [1.82, 2.24) is 0 Å². The first-order valence-corrected chi connectivity index (χ1v) is 3.65. The van der Waals surface area contributed by atoms with Gasteiger partial charge in [-0.05, 0) is 22.4 Å². The highest BCUT2D eigenvalue weighted by molar-refractivity contribution is 9.09. The van der Waals surface area contributed by atoms with Gasteiger partial charge in [0.25, 0.3) is 0 Å². The number of halogens is 1. The Hall–Kier alpha value is -0.0500. The van der Waals surface area contributed by atoms with Gasteiger partial charge >= 0.3 is 5.97 Å². The van der Waals surface area contributed by atoms with Crippen molar-refractivity contribution in [3.05, 3.63) is 0 Å². The van der Waals surface area contributed by atoms with Gasteiger partial charge in [-0.1, -0.05) is 6.92 Å². The molecule has 0 fully saturated rings. The molecule has 2 nitrogen and oxygen atoms in total. The Bertz CT molecular complexity index is 64.8. The molecule has 0 aromatic carbocycles. The van der Waals surface area contributed by atoms with Gasteiger partial charge in [0, 0.05) is 6.42 Å². The van der Waals surface area contributed by atoms with E-state index >= 15 is 0 Å². The highest BCUT2D eigenvalue weighted by Crippen LogP contribution is 1.92. The molecule has 0 aliphatic carbocycles. The fourth-order valence-electron chi connectivity index (χ4n) is 0.337. The lowest BCUT2D eigenvalue weighted by Crippen LogP contribution is -2.00. The molecule has 0 N–H and O–H groups in total. The van der Waals surface area contributed by atoms with E-state index in [0.717, 1.165) is 6.42 Å². The molecule has 0 aromatic heterocycles. The lowest BCUT2D eigenvalue weighted by Gasteiger charge is -1.95. The van der Waals surface area contributed by atoms with E-state index in [1.54, 1.807) is 0 Å². The number of hydrogen-bond donors (Lipinski definition) is 0. The summed E-state index contributed by atoms with van der Waals surface area (Å²) in [5, 5.41) is 0. The van der Waals surface area contributed by atoms with Gasteiger partial charge in [0.15, 0.2) is 0 Å². The van der Waals surface area contributed by atoms with Crippen LogP contribution in [-0.4, -0.2) is 11.5 Å². The second kappa shape index (κ2) is 5.09. The molecule has 0 saturated heterocycles.